The van der Waals surface area contributed by atoms with Gasteiger partial charge in [0.1, 0.15) is 0 Å². The van der Waals surface area contributed by atoms with Crippen LogP contribution in [0.4, 0.5) is 0 Å². The van der Waals surface area contributed by atoms with Gasteiger partial charge in [-0.2, -0.15) is 0 Å². The number of primary amides is 1. The molecule has 0 fully saturated rings. The first-order chi connectivity index (χ1) is 6.11. The van der Waals surface area contributed by atoms with E-state index in [1.165, 1.54) is 0 Å². The summed E-state index contributed by atoms with van der Waals surface area (Å²) in [5.74, 6) is 0.205. The second-order valence-electron chi connectivity index (χ2n) is 3.62. The summed E-state index contributed by atoms with van der Waals surface area (Å²) < 4.78 is 0. The molecule has 13 heavy (non-hydrogen) atoms. The number of amides is 1. The van der Waals surface area contributed by atoms with E-state index in [0.717, 1.165) is 12.0 Å². The van der Waals surface area contributed by atoms with Crippen molar-refractivity contribution in [1.29, 1.82) is 0 Å². The third-order valence-corrected chi connectivity index (χ3v) is 1.91. The van der Waals surface area contributed by atoms with Gasteiger partial charge in [0.25, 0.3) is 0 Å². The van der Waals surface area contributed by atoms with E-state index >= 15 is 0 Å². The molecule has 0 atom stereocenters. The molecule has 0 aliphatic rings. The highest BCUT2D eigenvalue weighted by Crippen LogP contribution is 2.12. The zero-order valence-corrected chi connectivity index (χ0v) is 8.08. The van der Waals surface area contributed by atoms with Crippen molar-refractivity contribution in [3.63, 3.8) is 0 Å². The van der Waals surface area contributed by atoms with Gasteiger partial charge in [-0.25, -0.2) is 0 Å². The Morgan fingerprint density at radius 2 is 2.00 bits per heavy atom. The van der Waals surface area contributed by atoms with E-state index in [2.05, 4.69) is 13.8 Å². The molecule has 1 amide bonds. The highest BCUT2D eigenvalue weighted by molar-refractivity contribution is 5.94. The Kier molecular flexibility index (Phi) is 3.07. The molecule has 0 radical (unpaired) electrons. The van der Waals surface area contributed by atoms with Crippen LogP contribution in [0.15, 0.2) is 24.3 Å². The lowest BCUT2D eigenvalue weighted by atomic mass is 9.98. The van der Waals surface area contributed by atoms with Gasteiger partial charge < -0.3 is 5.73 Å². The summed E-state index contributed by atoms with van der Waals surface area (Å²) >= 11 is 0. The highest BCUT2D eigenvalue weighted by atomic mass is 16.1. The van der Waals surface area contributed by atoms with Crippen molar-refractivity contribution in [2.75, 3.05) is 0 Å². The molecule has 0 aliphatic carbocycles. The Hall–Kier alpha value is -1.31. The van der Waals surface area contributed by atoms with Crippen LogP contribution in [0, 0.1) is 5.92 Å². The maximum Gasteiger partial charge on any atom is 0.248 e. The first-order valence-electron chi connectivity index (χ1n) is 4.49. The molecule has 0 spiro atoms. The van der Waals surface area contributed by atoms with Crippen LogP contribution < -0.4 is 5.73 Å². The number of benzene rings is 1. The number of rotatable bonds is 3. The van der Waals surface area contributed by atoms with Gasteiger partial charge in [-0.05, 0) is 24.0 Å². The average Bonchev–Trinajstić information content (AvgIpc) is 2.03. The van der Waals surface area contributed by atoms with E-state index in [4.69, 9.17) is 5.73 Å². The van der Waals surface area contributed by atoms with Crippen molar-refractivity contribution in [2.45, 2.75) is 20.3 Å². The fourth-order valence-electron chi connectivity index (χ4n) is 1.38. The lowest BCUT2D eigenvalue weighted by molar-refractivity contribution is 0.0999. The molecule has 1 rings (SSSR count). The predicted molar refractivity (Wildman–Crippen MR) is 53.5 cm³/mol. The molecule has 0 heterocycles. The van der Waals surface area contributed by atoms with Gasteiger partial charge >= 0.3 is 0 Å². The quantitative estimate of drug-likeness (QED) is 0.753. The molecule has 0 saturated carbocycles. The third kappa shape index (κ3) is 2.58. The van der Waals surface area contributed by atoms with E-state index in [-0.39, 0.29) is 5.91 Å². The fourth-order valence-corrected chi connectivity index (χ4v) is 1.38. The molecular weight excluding hydrogens is 162 g/mol. The largest absolute Gasteiger partial charge is 0.366 e. The molecule has 0 aromatic heterocycles. The molecule has 0 bridgehead atoms. The van der Waals surface area contributed by atoms with Crippen LogP contribution in [0.5, 0.6) is 0 Å². The Balaban J connectivity index is 2.98. The molecule has 2 N–H and O–H groups in total. The van der Waals surface area contributed by atoms with Crippen LogP contribution in [-0.2, 0) is 6.42 Å². The van der Waals surface area contributed by atoms with Gasteiger partial charge in [0.2, 0.25) is 5.91 Å². The number of carbonyl (C=O) groups excluding carboxylic acids is 1. The van der Waals surface area contributed by atoms with Crippen molar-refractivity contribution in [2.24, 2.45) is 11.7 Å². The van der Waals surface area contributed by atoms with Gasteiger partial charge in [0.05, 0.1) is 0 Å². The van der Waals surface area contributed by atoms with E-state index in [1.807, 2.05) is 18.2 Å². The van der Waals surface area contributed by atoms with Gasteiger partial charge in [0, 0.05) is 5.56 Å². The summed E-state index contributed by atoms with van der Waals surface area (Å²) in [4.78, 5) is 11.0. The molecule has 0 aliphatic heterocycles. The smallest absolute Gasteiger partial charge is 0.248 e. The highest BCUT2D eigenvalue weighted by Gasteiger charge is 2.07. The van der Waals surface area contributed by atoms with Crippen molar-refractivity contribution in [3.05, 3.63) is 35.4 Å². The summed E-state index contributed by atoms with van der Waals surface area (Å²) in [6.45, 7) is 4.25. The summed E-state index contributed by atoms with van der Waals surface area (Å²) in [5.41, 5.74) is 6.95. The van der Waals surface area contributed by atoms with E-state index < -0.39 is 0 Å². The maximum atomic E-state index is 11.0. The molecule has 0 unspecified atom stereocenters. The number of nitrogens with two attached hydrogens (primary N) is 1. The predicted octanol–water partition coefficient (Wildman–Crippen LogP) is 1.98. The van der Waals surface area contributed by atoms with Crippen molar-refractivity contribution >= 4 is 5.91 Å². The minimum absolute atomic E-state index is 0.337. The number of hydrogen-bond donors (Lipinski definition) is 1. The van der Waals surface area contributed by atoms with Crippen LogP contribution in [0.25, 0.3) is 0 Å². The lowest BCUT2D eigenvalue weighted by Crippen LogP contribution is -2.14. The molecular formula is C11H15NO. The van der Waals surface area contributed by atoms with Gasteiger partial charge in [-0.1, -0.05) is 32.0 Å². The second-order valence-corrected chi connectivity index (χ2v) is 3.62. The SMILES string of the molecule is CC(C)Cc1ccccc1C(N)=O. The monoisotopic (exact) mass is 177 g/mol. The van der Waals surface area contributed by atoms with Crippen LogP contribution >= 0.6 is 0 Å². The molecule has 2 nitrogen and oxygen atoms in total. The lowest BCUT2D eigenvalue weighted by Gasteiger charge is -2.08. The summed E-state index contributed by atoms with van der Waals surface area (Å²) in [6.07, 6.45) is 0.902. The Morgan fingerprint density at radius 3 is 2.54 bits per heavy atom. The van der Waals surface area contributed by atoms with Crippen LogP contribution in [0.3, 0.4) is 0 Å². The number of carbonyl (C=O) groups is 1. The Bertz CT molecular complexity index is 305. The van der Waals surface area contributed by atoms with Crippen LogP contribution in [-0.4, -0.2) is 5.91 Å². The van der Waals surface area contributed by atoms with E-state index in [0.29, 0.717) is 11.5 Å². The normalized spacial score (nSPS) is 10.4. The minimum atomic E-state index is -0.337. The minimum Gasteiger partial charge on any atom is -0.366 e. The van der Waals surface area contributed by atoms with Gasteiger partial charge in [-0.15, -0.1) is 0 Å². The summed E-state index contributed by atoms with van der Waals surface area (Å²) in [5, 5.41) is 0. The van der Waals surface area contributed by atoms with E-state index in [9.17, 15) is 4.79 Å². The zero-order chi connectivity index (χ0) is 9.84. The molecule has 1 aromatic rings. The maximum absolute atomic E-state index is 11.0. The van der Waals surface area contributed by atoms with Crippen molar-refractivity contribution in [1.82, 2.24) is 0 Å². The topological polar surface area (TPSA) is 43.1 Å². The first kappa shape index (κ1) is 9.78. The van der Waals surface area contributed by atoms with Crippen molar-refractivity contribution < 1.29 is 4.79 Å². The van der Waals surface area contributed by atoms with Crippen LogP contribution in [0.1, 0.15) is 29.8 Å². The molecule has 2 heteroatoms. The summed E-state index contributed by atoms with van der Waals surface area (Å²) in [7, 11) is 0. The molecule has 1 aromatic carbocycles. The standard InChI is InChI=1S/C11H15NO/c1-8(2)7-9-5-3-4-6-10(9)11(12)13/h3-6,8H,7H2,1-2H3,(H2,12,13). The fraction of sp³-hybridized carbons (Fsp3) is 0.364. The van der Waals surface area contributed by atoms with E-state index in [1.54, 1.807) is 6.07 Å². The third-order valence-electron chi connectivity index (χ3n) is 1.91. The second kappa shape index (κ2) is 4.08. The van der Waals surface area contributed by atoms with Gasteiger partial charge in [0.15, 0.2) is 0 Å². The first-order valence-corrected chi connectivity index (χ1v) is 4.49. The summed E-state index contributed by atoms with van der Waals surface area (Å²) in [6, 6.07) is 7.51. The Morgan fingerprint density at radius 1 is 1.38 bits per heavy atom. The average molecular weight is 177 g/mol. The van der Waals surface area contributed by atoms with Gasteiger partial charge in [-0.3, -0.25) is 4.79 Å². The van der Waals surface area contributed by atoms with Crippen LogP contribution in [0.2, 0.25) is 0 Å². The Labute approximate surface area is 78.8 Å². The van der Waals surface area contributed by atoms with Crippen molar-refractivity contribution in [3.8, 4) is 0 Å². The molecule has 0 saturated heterocycles. The zero-order valence-electron chi connectivity index (χ0n) is 8.08. The number of hydrogen-bond acceptors (Lipinski definition) is 1. The molecule has 70 valence electrons.